The van der Waals surface area contributed by atoms with Crippen molar-refractivity contribution in [3.05, 3.63) is 29.8 Å². The third-order valence-corrected chi connectivity index (χ3v) is 5.31. The summed E-state index contributed by atoms with van der Waals surface area (Å²) in [5, 5.41) is 6.15. The van der Waals surface area contributed by atoms with Crippen molar-refractivity contribution >= 4 is 11.9 Å². The van der Waals surface area contributed by atoms with Gasteiger partial charge in [-0.3, -0.25) is 4.79 Å². The molecule has 1 unspecified atom stereocenters. The van der Waals surface area contributed by atoms with E-state index in [-0.39, 0.29) is 12.5 Å². The Bertz CT molecular complexity index is 686. The Morgan fingerprint density at radius 1 is 1.29 bits per heavy atom. The minimum Gasteiger partial charge on any atom is -0.484 e. The number of likely N-dealkylation sites (N-methyl/N-ethyl adjacent to an activating group) is 1. The third kappa shape index (κ3) is 5.38. The second kappa shape index (κ2) is 9.78. The Morgan fingerprint density at radius 3 is 2.89 bits per heavy atom. The van der Waals surface area contributed by atoms with Crippen LogP contribution < -0.4 is 15.4 Å². The van der Waals surface area contributed by atoms with Crippen LogP contribution in [0.2, 0.25) is 0 Å². The molecule has 0 aliphatic carbocycles. The molecule has 2 saturated heterocycles. The summed E-state index contributed by atoms with van der Waals surface area (Å²) in [6.07, 6.45) is 2.31. The number of aliphatic imine (C=N–C) groups is 1. The van der Waals surface area contributed by atoms with Crippen molar-refractivity contribution in [2.24, 2.45) is 10.4 Å². The van der Waals surface area contributed by atoms with Crippen LogP contribution in [-0.4, -0.2) is 62.8 Å². The molecule has 1 atom stereocenters. The van der Waals surface area contributed by atoms with E-state index in [1.54, 1.807) is 0 Å². The van der Waals surface area contributed by atoms with Crippen LogP contribution in [-0.2, 0) is 16.1 Å². The van der Waals surface area contributed by atoms with E-state index in [9.17, 15) is 4.79 Å². The molecule has 2 aliphatic heterocycles. The summed E-state index contributed by atoms with van der Waals surface area (Å²) in [4.78, 5) is 18.8. The van der Waals surface area contributed by atoms with Gasteiger partial charge in [-0.25, -0.2) is 4.99 Å². The van der Waals surface area contributed by atoms with Crippen LogP contribution >= 0.6 is 0 Å². The molecule has 154 valence electrons. The smallest absolute Gasteiger partial charge is 0.257 e. The van der Waals surface area contributed by atoms with E-state index >= 15 is 0 Å². The summed E-state index contributed by atoms with van der Waals surface area (Å²) in [5.41, 5.74) is 1.37. The fourth-order valence-corrected chi connectivity index (χ4v) is 3.81. The first-order valence-electron chi connectivity index (χ1n) is 10.2. The van der Waals surface area contributed by atoms with Gasteiger partial charge in [0.25, 0.3) is 5.91 Å². The lowest BCUT2D eigenvalue weighted by atomic mass is 9.87. The van der Waals surface area contributed by atoms with Crippen molar-refractivity contribution in [3.8, 4) is 5.75 Å². The van der Waals surface area contributed by atoms with Crippen molar-refractivity contribution < 1.29 is 14.3 Å². The second-order valence-electron chi connectivity index (χ2n) is 7.53. The zero-order valence-electron chi connectivity index (χ0n) is 17.0. The maximum atomic E-state index is 11.6. The van der Waals surface area contributed by atoms with Gasteiger partial charge in [-0.2, -0.15) is 0 Å². The van der Waals surface area contributed by atoms with Gasteiger partial charge in [-0.1, -0.05) is 12.1 Å². The quantitative estimate of drug-likeness (QED) is 0.550. The lowest BCUT2D eigenvalue weighted by Gasteiger charge is -2.25. The Balaban J connectivity index is 1.60. The van der Waals surface area contributed by atoms with Crippen molar-refractivity contribution in [1.82, 2.24) is 15.5 Å². The maximum Gasteiger partial charge on any atom is 0.257 e. The molecular formula is C21H32N4O3. The number of nitrogens with one attached hydrogen (secondary N) is 2. The molecule has 1 amide bonds. The topological polar surface area (TPSA) is 75.2 Å². The van der Waals surface area contributed by atoms with Gasteiger partial charge in [0, 0.05) is 38.2 Å². The monoisotopic (exact) mass is 388 g/mol. The Hall–Kier alpha value is -2.28. The summed E-state index contributed by atoms with van der Waals surface area (Å²) >= 11 is 0. The van der Waals surface area contributed by atoms with Gasteiger partial charge in [0.15, 0.2) is 12.6 Å². The van der Waals surface area contributed by atoms with E-state index in [2.05, 4.69) is 22.5 Å². The molecule has 0 bridgehead atoms. The molecule has 0 aromatic heterocycles. The molecule has 3 rings (SSSR count). The van der Waals surface area contributed by atoms with Gasteiger partial charge in [0.2, 0.25) is 0 Å². The first-order chi connectivity index (χ1) is 13.6. The van der Waals surface area contributed by atoms with Crippen LogP contribution in [0.4, 0.5) is 0 Å². The average molecular weight is 389 g/mol. The predicted molar refractivity (Wildman–Crippen MR) is 109 cm³/mol. The van der Waals surface area contributed by atoms with Crippen LogP contribution in [0.25, 0.3) is 0 Å². The maximum absolute atomic E-state index is 11.6. The van der Waals surface area contributed by atoms with E-state index in [4.69, 9.17) is 14.5 Å². The molecule has 0 saturated carbocycles. The van der Waals surface area contributed by atoms with Gasteiger partial charge in [-0.05, 0) is 44.4 Å². The zero-order valence-corrected chi connectivity index (χ0v) is 17.0. The first kappa shape index (κ1) is 20.5. The molecule has 28 heavy (non-hydrogen) atoms. The van der Waals surface area contributed by atoms with Gasteiger partial charge < -0.3 is 25.0 Å². The highest BCUT2D eigenvalue weighted by molar-refractivity contribution is 5.80. The Morgan fingerprint density at radius 2 is 2.14 bits per heavy atom. The van der Waals surface area contributed by atoms with Gasteiger partial charge in [-0.15, -0.1) is 0 Å². The number of likely N-dealkylation sites (tertiary alicyclic amines) is 1. The Kier molecular flexibility index (Phi) is 7.14. The highest BCUT2D eigenvalue weighted by atomic mass is 16.5. The second-order valence-corrected chi connectivity index (χ2v) is 7.53. The molecule has 2 heterocycles. The van der Waals surface area contributed by atoms with Gasteiger partial charge in [0.1, 0.15) is 5.75 Å². The third-order valence-electron chi connectivity index (χ3n) is 5.31. The summed E-state index contributed by atoms with van der Waals surface area (Å²) in [5.74, 6) is 1.53. The van der Waals surface area contributed by atoms with E-state index < -0.39 is 0 Å². The molecule has 2 fully saturated rings. The summed E-state index contributed by atoms with van der Waals surface area (Å²) in [6.45, 7) is 9.80. The molecule has 2 N–H and O–H groups in total. The molecule has 2 aliphatic rings. The standard InChI is InChI=1S/C21H32N4O3/c1-3-22-19(26)14-28-18-7-5-6-17(12-18)13-24-20(23-4-2)25-10-8-21(15-25)9-11-27-16-21/h5-7,12H,3-4,8-11,13-16H2,1-2H3,(H,22,26)(H,23,24). The number of hydrogen-bond acceptors (Lipinski definition) is 4. The highest BCUT2D eigenvalue weighted by Crippen LogP contribution is 2.38. The minimum absolute atomic E-state index is 0.0289. The number of ether oxygens (including phenoxy) is 2. The number of nitrogens with zero attached hydrogens (tertiary/aromatic N) is 2. The number of rotatable bonds is 7. The van der Waals surface area contributed by atoms with Crippen LogP contribution in [0.15, 0.2) is 29.3 Å². The van der Waals surface area contributed by atoms with E-state index in [0.29, 0.717) is 24.3 Å². The number of carbonyl (C=O) groups excluding carboxylic acids is 1. The Labute approximate surface area is 167 Å². The van der Waals surface area contributed by atoms with Crippen LogP contribution in [0.3, 0.4) is 0 Å². The summed E-state index contributed by atoms with van der Waals surface area (Å²) in [6, 6.07) is 7.78. The van der Waals surface area contributed by atoms with E-state index in [1.807, 2.05) is 31.2 Å². The molecule has 0 radical (unpaired) electrons. The number of hydrogen-bond donors (Lipinski definition) is 2. The fourth-order valence-electron chi connectivity index (χ4n) is 3.81. The van der Waals surface area contributed by atoms with E-state index in [0.717, 1.165) is 50.8 Å². The lowest BCUT2D eigenvalue weighted by Crippen LogP contribution is -2.41. The molecule has 1 spiro atoms. The van der Waals surface area contributed by atoms with Crippen LogP contribution in [0.1, 0.15) is 32.3 Å². The van der Waals surface area contributed by atoms with Crippen molar-refractivity contribution in [2.75, 3.05) is 46.0 Å². The lowest BCUT2D eigenvalue weighted by molar-refractivity contribution is -0.122. The minimum atomic E-state index is -0.112. The predicted octanol–water partition coefficient (Wildman–Crippen LogP) is 1.78. The van der Waals surface area contributed by atoms with Crippen LogP contribution in [0, 0.1) is 5.41 Å². The van der Waals surface area contributed by atoms with Gasteiger partial charge in [0.05, 0.1) is 13.2 Å². The summed E-state index contributed by atoms with van der Waals surface area (Å²) in [7, 11) is 0. The molecule has 1 aromatic rings. The normalized spacial score (nSPS) is 21.9. The van der Waals surface area contributed by atoms with Gasteiger partial charge >= 0.3 is 0 Å². The summed E-state index contributed by atoms with van der Waals surface area (Å²) < 4.78 is 11.2. The SMILES string of the molecule is CCNC(=O)COc1cccc(CN=C(NCC)N2CCC3(CCOC3)C2)c1. The number of amides is 1. The number of carbonyl (C=O) groups is 1. The molecule has 1 aromatic carbocycles. The van der Waals surface area contributed by atoms with Crippen molar-refractivity contribution in [2.45, 2.75) is 33.2 Å². The molecule has 7 nitrogen and oxygen atoms in total. The zero-order chi connectivity index (χ0) is 19.8. The largest absolute Gasteiger partial charge is 0.484 e. The number of guanidine groups is 1. The van der Waals surface area contributed by atoms with Crippen molar-refractivity contribution in [1.29, 1.82) is 0 Å². The molecule has 7 heteroatoms. The van der Waals surface area contributed by atoms with Crippen molar-refractivity contribution in [3.63, 3.8) is 0 Å². The average Bonchev–Trinajstić information content (AvgIpc) is 3.34. The highest BCUT2D eigenvalue weighted by Gasteiger charge is 2.42. The number of benzene rings is 1. The van der Waals surface area contributed by atoms with E-state index in [1.165, 1.54) is 6.42 Å². The fraction of sp³-hybridized carbons (Fsp3) is 0.619. The van der Waals surface area contributed by atoms with Crippen LogP contribution in [0.5, 0.6) is 5.75 Å². The molecular weight excluding hydrogens is 356 g/mol. The first-order valence-corrected chi connectivity index (χ1v) is 10.2.